The lowest BCUT2D eigenvalue weighted by Crippen LogP contribution is -2.38. The molecule has 0 saturated heterocycles. The third-order valence-electron chi connectivity index (χ3n) is 12.3. The zero-order valence-electron chi connectivity index (χ0n) is 41.2. The summed E-state index contributed by atoms with van der Waals surface area (Å²) in [4.78, 5) is 56.0. The van der Waals surface area contributed by atoms with Gasteiger partial charge in [0.05, 0.1) is 58.3 Å². The van der Waals surface area contributed by atoms with Crippen LogP contribution in [0.5, 0.6) is 5.88 Å². The van der Waals surface area contributed by atoms with Crippen LogP contribution in [0.1, 0.15) is 76.6 Å². The number of carbonyl (C=O) groups excluding carboxylic acids is 2. The number of halogens is 3. The van der Waals surface area contributed by atoms with Gasteiger partial charge < -0.3 is 18.9 Å². The van der Waals surface area contributed by atoms with Crippen molar-refractivity contribution >= 4 is 110 Å². The molecular weight excluding hydrogens is 1040 g/mol. The van der Waals surface area contributed by atoms with Gasteiger partial charge in [0, 0.05) is 95.3 Å². The Bertz CT molecular complexity index is 3780. The Morgan fingerprint density at radius 1 is 0.675 bits per heavy atom. The minimum atomic E-state index is -3.88. The van der Waals surface area contributed by atoms with Crippen molar-refractivity contribution < 1.29 is 39.9 Å². The number of nitrogens with zero attached hydrogens (tertiary/aromatic N) is 5. The predicted octanol–water partition coefficient (Wildman–Crippen LogP) is 5.71. The monoisotopic (exact) mass is 1090 g/mol. The topological polar surface area (TPSA) is 217 Å². The number of fused-ring (bicyclic) bond motifs is 2. The smallest absolute Gasteiger partial charge is 0.282 e. The van der Waals surface area contributed by atoms with Crippen LogP contribution >= 0.6 is 12.4 Å². The van der Waals surface area contributed by atoms with Crippen molar-refractivity contribution in [1.82, 2.24) is 38.5 Å². The third kappa shape index (κ3) is 13.3. The van der Waals surface area contributed by atoms with Crippen molar-refractivity contribution in [2.75, 3.05) is 7.11 Å². The molecule has 0 spiro atoms. The van der Waals surface area contributed by atoms with E-state index in [1.165, 1.54) is 36.1 Å². The average molecular weight is 1090 g/mol. The first-order valence-corrected chi connectivity index (χ1v) is 26.6. The second-order valence-electron chi connectivity index (χ2n) is 17.9. The van der Waals surface area contributed by atoms with Gasteiger partial charge in [-0.1, -0.05) is 43.8 Å². The number of benzene rings is 2. The number of nitrogens with one attached hydrogen (secondary N) is 3. The molecule has 2 aliphatic rings. The van der Waals surface area contributed by atoms with E-state index in [0.29, 0.717) is 81.4 Å². The fraction of sp³-hybridized carbons (Fsp3) is 0.240. The quantitative estimate of drug-likeness (QED) is 0.112. The van der Waals surface area contributed by atoms with E-state index >= 15 is 0 Å². The van der Waals surface area contributed by atoms with Gasteiger partial charge in [-0.3, -0.25) is 24.4 Å². The molecule has 0 atom stereocenters. The SMILES string of the molecule is C.COc1ncccc1-c1c(C(=O)NS(=O)(=O)C2CC2)n(Cc2ccccc2F)c2ccc(C)nc12.Cc1ccc2c(n1)c(-c1ccc[nH]c1=O)c(C(=O)NS(=O)(=O)C1CC1)n2Cc1ccccc1F.Cl.[B]B([B])B([B])[B]. The molecule has 2 saturated carbocycles. The first kappa shape index (κ1) is 59.3. The number of hydrogen-bond donors (Lipinski definition) is 3. The molecule has 16 nitrogen and oxygen atoms in total. The number of hydrogen-bond acceptors (Lipinski definition) is 11. The molecule has 6 heterocycles. The second kappa shape index (κ2) is 24.6. The van der Waals surface area contributed by atoms with Crippen molar-refractivity contribution in [3.8, 4) is 28.1 Å². The minimum Gasteiger partial charge on any atom is -0.481 e. The van der Waals surface area contributed by atoms with Crippen LogP contribution < -0.4 is 19.7 Å². The summed E-state index contributed by atoms with van der Waals surface area (Å²) in [5.41, 5.74) is 4.51. The van der Waals surface area contributed by atoms with E-state index in [2.05, 4.69) is 29.4 Å². The fourth-order valence-electron chi connectivity index (χ4n) is 8.18. The van der Waals surface area contributed by atoms with Crippen molar-refractivity contribution in [3.05, 3.63) is 165 Å². The lowest BCUT2D eigenvalue weighted by Gasteiger charge is -2.14. The van der Waals surface area contributed by atoms with Crippen molar-refractivity contribution in [1.29, 1.82) is 0 Å². The normalized spacial score (nSPS) is 12.9. The minimum absolute atomic E-state index is 0. The molecule has 8 radical (unpaired) electrons. The molecule has 0 aliphatic heterocycles. The number of aromatic nitrogens is 6. The molecule has 27 heteroatoms. The van der Waals surface area contributed by atoms with E-state index in [0.717, 1.165) is 0 Å². The first-order chi connectivity index (χ1) is 35.7. The van der Waals surface area contributed by atoms with Crippen LogP contribution in [0.3, 0.4) is 0 Å². The number of aromatic amines is 1. The summed E-state index contributed by atoms with van der Waals surface area (Å²) in [5.74, 6) is -2.37. The van der Waals surface area contributed by atoms with Crippen molar-refractivity contribution in [2.45, 2.75) is 70.5 Å². The molecule has 2 aliphatic carbocycles. The van der Waals surface area contributed by atoms with Crippen LogP contribution in [0, 0.1) is 25.5 Å². The maximum Gasteiger partial charge on any atom is 0.282 e. The lowest BCUT2D eigenvalue weighted by molar-refractivity contribution is 0.0965. The average Bonchev–Trinajstić information content (AvgIpc) is 4.33. The number of ether oxygens (including phenoxy) is 1. The number of sulfonamides is 2. The molecule has 0 bridgehead atoms. The van der Waals surface area contributed by atoms with E-state index < -0.39 is 72.3 Å². The van der Waals surface area contributed by atoms with Gasteiger partial charge in [-0.05, 0) is 100 Å². The number of rotatable bonds is 14. The number of aryl methyl sites for hydroxylation is 2. The Kier molecular flexibility index (Phi) is 19.0. The number of pyridine rings is 4. The van der Waals surface area contributed by atoms with Gasteiger partial charge in [0.25, 0.3) is 17.4 Å². The fourth-order valence-corrected chi connectivity index (χ4v) is 10.7. The molecular formula is C50H49B6ClF2N8O8S2. The van der Waals surface area contributed by atoms with E-state index in [-0.39, 0.29) is 61.3 Å². The maximum atomic E-state index is 14.7. The Labute approximate surface area is 457 Å². The highest BCUT2D eigenvalue weighted by Gasteiger charge is 2.40. The lowest BCUT2D eigenvalue weighted by atomic mass is 8.81. The number of H-pyrrole nitrogens is 1. The summed E-state index contributed by atoms with van der Waals surface area (Å²) in [7, 11) is 13.6. The zero-order valence-corrected chi connectivity index (χ0v) is 43.7. The van der Waals surface area contributed by atoms with E-state index in [1.807, 2.05) is 6.92 Å². The Balaban J connectivity index is 0.000000221. The molecule has 3 N–H and O–H groups in total. The van der Waals surface area contributed by atoms with Gasteiger partial charge in [-0.2, -0.15) is 0 Å². The van der Waals surface area contributed by atoms with Crippen LogP contribution in [0.15, 0.2) is 114 Å². The molecule has 0 unspecified atom stereocenters. The largest absolute Gasteiger partial charge is 0.481 e. The summed E-state index contributed by atoms with van der Waals surface area (Å²) < 4.78 is 92.7. The predicted molar refractivity (Wildman–Crippen MR) is 303 cm³/mol. The molecule has 6 aromatic heterocycles. The highest BCUT2D eigenvalue weighted by atomic mass is 35.5. The third-order valence-corrected chi connectivity index (χ3v) is 15.9. The van der Waals surface area contributed by atoms with Crippen molar-refractivity contribution in [2.24, 2.45) is 0 Å². The van der Waals surface area contributed by atoms with Crippen LogP contribution in [-0.4, -0.2) is 119 Å². The van der Waals surface area contributed by atoms with Gasteiger partial charge >= 0.3 is 0 Å². The Morgan fingerprint density at radius 2 is 1.10 bits per heavy atom. The number of amides is 2. The molecule has 77 heavy (non-hydrogen) atoms. The number of carbonyl (C=O) groups is 2. The highest BCUT2D eigenvalue weighted by Crippen LogP contribution is 2.40. The Hall–Kier alpha value is -6.90. The zero-order chi connectivity index (χ0) is 53.9. The highest BCUT2D eigenvalue weighted by molar-refractivity contribution is 7.91. The van der Waals surface area contributed by atoms with Crippen molar-refractivity contribution in [3.63, 3.8) is 0 Å². The van der Waals surface area contributed by atoms with E-state index in [1.54, 1.807) is 96.6 Å². The van der Waals surface area contributed by atoms with Gasteiger partial charge in [-0.15, -0.1) is 12.4 Å². The Morgan fingerprint density at radius 3 is 1.51 bits per heavy atom. The molecule has 8 aromatic rings. The standard InChI is InChI=1S/C25H23FN4O4S.C24H21FN4O4S.CH4.B6.ClH/c1-15-9-12-20-22(28-15)21(18-7-5-13-27-25(18)34-2)23(24(31)29-35(32,33)17-10-11-17)30(20)14-16-6-3-4-8-19(16)26;1-14-8-11-19-21(27-14)20(17-6-4-12-26-23(17)30)22(24(31)28-34(32,33)16-9-10-16)29(19)13-15-5-2-3-7-18(15)25;;1-5(2)6(3)4;/h3-9,12-13,17H,10-11,14H2,1-2H3,(H,29,31);2-8,11-12,16H,9-10,13H2,1H3,(H,26,30)(H,28,31);1H4;;1H. The summed E-state index contributed by atoms with van der Waals surface area (Å²) >= 11 is 0. The molecule has 388 valence electrons. The van der Waals surface area contributed by atoms with Gasteiger partial charge in [0.2, 0.25) is 25.9 Å². The summed E-state index contributed by atoms with van der Waals surface area (Å²) in [6, 6.07) is 26.0. The summed E-state index contributed by atoms with van der Waals surface area (Å²) in [6.07, 6.45) is 3.79. The molecule has 10 rings (SSSR count). The number of methoxy groups -OCH3 is 1. The van der Waals surface area contributed by atoms with Gasteiger partial charge in [0.1, 0.15) is 23.0 Å². The first-order valence-electron chi connectivity index (χ1n) is 23.5. The summed E-state index contributed by atoms with van der Waals surface area (Å²) in [5, 5.41) is -1.21. The van der Waals surface area contributed by atoms with Crippen LogP contribution in [0.25, 0.3) is 44.3 Å². The summed E-state index contributed by atoms with van der Waals surface area (Å²) in [6.45, 7) is 3.51. The van der Waals surface area contributed by atoms with Crippen LogP contribution in [-0.2, 0) is 33.1 Å². The molecule has 2 fully saturated rings. The van der Waals surface area contributed by atoms with Gasteiger partial charge in [0.15, 0.2) is 0 Å². The van der Waals surface area contributed by atoms with E-state index in [9.17, 15) is 40.0 Å². The van der Waals surface area contributed by atoms with Crippen LogP contribution in [0.4, 0.5) is 8.78 Å². The second-order valence-corrected chi connectivity index (χ2v) is 21.8. The molecule has 2 aromatic carbocycles. The van der Waals surface area contributed by atoms with Gasteiger partial charge in [-0.25, -0.2) is 40.0 Å². The maximum absolute atomic E-state index is 14.7. The molecule has 2 amide bonds. The van der Waals surface area contributed by atoms with E-state index in [4.69, 9.17) is 35.7 Å². The van der Waals surface area contributed by atoms with Crippen LogP contribution in [0.2, 0.25) is 0 Å².